The summed E-state index contributed by atoms with van der Waals surface area (Å²) < 4.78 is 13.1. The Hall–Kier alpha value is -2.20. The van der Waals surface area contributed by atoms with Gasteiger partial charge in [-0.3, -0.25) is 0 Å². The molecule has 3 aromatic rings. The van der Waals surface area contributed by atoms with E-state index in [-0.39, 0.29) is 5.82 Å². The largest absolute Gasteiger partial charge is 0.302 e. The Bertz CT molecular complexity index is 992. The summed E-state index contributed by atoms with van der Waals surface area (Å²) in [6.07, 6.45) is 0.889. The first kappa shape index (κ1) is 18.2. The van der Waals surface area contributed by atoms with Gasteiger partial charge in [0, 0.05) is 41.4 Å². The number of hydrogen-bond acceptors (Lipinski definition) is 5. The van der Waals surface area contributed by atoms with E-state index in [1.807, 2.05) is 11.4 Å². The van der Waals surface area contributed by atoms with Crippen LogP contribution in [-0.4, -0.2) is 23.5 Å². The summed E-state index contributed by atoms with van der Waals surface area (Å²) in [5, 5.41) is 12.8. The Morgan fingerprint density at radius 2 is 2.11 bits per heavy atom. The number of hydrogen-bond donors (Lipinski definition) is 0. The number of pyridine rings is 1. The molecule has 0 N–H and O–H groups in total. The number of fused-ring (bicyclic) bond motifs is 1. The number of likely N-dealkylation sites (N-methyl/N-ethyl adjacent to an activating group) is 1. The van der Waals surface area contributed by atoms with E-state index in [2.05, 4.69) is 24.1 Å². The fourth-order valence-electron chi connectivity index (χ4n) is 3.30. The molecule has 0 spiro atoms. The van der Waals surface area contributed by atoms with Crippen LogP contribution in [0.25, 0.3) is 10.4 Å². The monoisotopic (exact) mass is 395 g/mol. The molecule has 0 atom stereocenters. The third-order valence-electron chi connectivity index (χ3n) is 4.68. The average molecular weight is 396 g/mol. The van der Waals surface area contributed by atoms with Crippen LogP contribution in [0.2, 0.25) is 0 Å². The molecule has 0 bridgehead atoms. The summed E-state index contributed by atoms with van der Waals surface area (Å²) in [4.78, 5) is 8.25. The molecule has 1 aliphatic rings. The Balaban J connectivity index is 1.76. The number of halogens is 1. The third kappa shape index (κ3) is 3.77. The van der Waals surface area contributed by atoms with E-state index >= 15 is 0 Å². The maximum absolute atomic E-state index is 13.1. The second-order valence-electron chi connectivity index (χ2n) is 6.58. The van der Waals surface area contributed by atoms with Crippen molar-refractivity contribution in [2.24, 2.45) is 0 Å². The van der Waals surface area contributed by atoms with Gasteiger partial charge in [0.2, 0.25) is 0 Å². The number of thiophene rings is 1. The van der Waals surface area contributed by atoms with Crippen LogP contribution >= 0.6 is 23.1 Å². The first-order valence-corrected chi connectivity index (χ1v) is 10.6. The number of nitrogens with zero attached hydrogens (tertiary/aromatic N) is 3. The fourth-order valence-corrected chi connectivity index (χ4v) is 5.07. The molecule has 0 fully saturated rings. The van der Waals surface area contributed by atoms with E-state index in [9.17, 15) is 9.65 Å². The summed E-state index contributed by atoms with van der Waals surface area (Å²) >= 11 is 3.21. The lowest BCUT2D eigenvalue weighted by Gasteiger charge is -2.27. The molecular weight excluding hydrogens is 377 g/mol. The maximum atomic E-state index is 13.1. The van der Waals surface area contributed by atoms with Crippen molar-refractivity contribution in [3.8, 4) is 16.5 Å². The van der Waals surface area contributed by atoms with Gasteiger partial charge >= 0.3 is 0 Å². The molecule has 27 heavy (non-hydrogen) atoms. The van der Waals surface area contributed by atoms with Crippen LogP contribution in [0, 0.1) is 17.1 Å². The minimum Gasteiger partial charge on any atom is -0.302 e. The van der Waals surface area contributed by atoms with Gasteiger partial charge < -0.3 is 4.90 Å². The van der Waals surface area contributed by atoms with Gasteiger partial charge in [-0.2, -0.15) is 5.26 Å². The minimum atomic E-state index is -0.238. The molecule has 0 radical (unpaired) electrons. The molecule has 4 rings (SSSR count). The lowest BCUT2D eigenvalue weighted by Crippen LogP contribution is -2.28. The van der Waals surface area contributed by atoms with Crippen LogP contribution in [-0.2, 0) is 18.7 Å². The smallest absolute Gasteiger partial charge is 0.123 e. The van der Waals surface area contributed by atoms with Crippen molar-refractivity contribution in [3.05, 3.63) is 70.0 Å². The summed E-state index contributed by atoms with van der Waals surface area (Å²) in [6, 6.07) is 13.0. The molecule has 1 aromatic carbocycles. The summed E-state index contributed by atoms with van der Waals surface area (Å²) in [7, 11) is 2.10. The molecule has 136 valence electrons. The van der Waals surface area contributed by atoms with E-state index in [1.54, 1.807) is 35.2 Å². The second-order valence-corrected chi connectivity index (χ2v) is 8.50. The average Bonchev–Trinajstić information content (AvgIpc) is 3.20. The molecule has 0 aliphatic carbocycles. The van der Waals surface area contributed by atoms with Gasteiger partial charge in [0.15, 0.2) is 0 Å². The lowest BCUT2D eigenvalue weighted by atomic mass is 9.96. The normalized spacial score (nSPS) is 14.0. The van der Waals surface area contributed by atoms with Crippen molar-refractivity contribution in [1.29, 1.82) is 5.26 Å². The van der Waals surface area contributed by atoms with E-state index in [4.69, 9.17) is 4.98 Å². The van der Waals surface area contributed by atoms with Gasteiger partial charge in [-0.05, 0) is 41.8 Å². The Morgan fingerprint density at radius 3 is 2.81 bits per heavy atom. The summed E-state index contributed by atoms with van der Waals surface area (Å²) in [5.41, 5.74) is 4.97. The van der Waals surface area contributed by atoms with Gasteiger partial charge in [-0.1, -0.05) is 18.2 Å². The van der Waals surface area contributed by atoms with Crippen LogP contribution in [0.1, 0.15) is 22.4 Å². The molecule has 3 heterocycles. The first-order valence-electron chi connectivity index (χ1n) is 8.71. The quantitative estimate of drug-likeness (QED) is 0.576. The van der Waals surface area contributed by atoms with E-state index in [1.165, 1.54) is 17.7 Å². The molecule has 1 aliphatic heterocycles. The van der Waals surface area contributed by atoms with Gasteiger partial charge in [0.1, 0.15) is 16.9 Å². The topological polar surface area (TPSA) is 39.9 Å². The van der Waals surface area contributed by atoms with Gasteiger partial charge in [0.25, 0.3) is 0 Å². The van der Waals surface area contributed by atoms with Gasteiger partial charge in [-0.25, -0.2) is 9.37 Å². The fraction of sp³-hybridized carbons (Fsp3) is 0.238. The van der Waals surface area contributed by atoms with E-state index < -0.39 is 0 Å². The molecule has 0 saturated heterocycles. The molecule has 0 amide bonds. The molecule has 3 nitrogen and oxygen atoms in total. The van der Waals surface area contributed by atoms with Crippen LogP contribution in [0.3, 0.4) is 0 Å². The van der Waals surface area contributed by atoms with E-state index in [0.29, 0.717) is 11.3 Å². The Morgan fingerprint density at radius 1 is 1.30 bits per heavy atom. The van der Waals surface area contributed by atoms with Crippen molar-refractivity contribution in [3.63, 3.8) is 0 Å². The SMILES string of the molecule is CN1CCc2nc(SCc3ccc(F)cc3)c(C#N)c(-c3cccs3)c2C1. The van der Waals surface area contributed by atoms with Crippen molar-refractivity contribution in [2.45, 2.75) is 23.7 Å². The number of benzene rings is 1. The highest BCUT2D eigenvalue weighted by Crippen LogP contribution is 2.39. The number of rotatable bonds is 4. The van der Waals surface area contributed by atoms with Crippen molar-refractivity contribution < 1.29 is 4.39 Å². The predicted octanol–water partition coefficient (Wildman–Crippen LogP) is 5.10. The standard InChI is InChI=1S/C21H18FN3S2/c1-25-9-8-18-17(12-25)20(19-3-2-10-26-19)16(11-23)21(24-18)27-13-14-4-6-15(22)7-5-14/h2-7,10H,8-9,12-13H2,1H3. The molecule has 0 unspecified atom stereocenters. The van der Waals surface area contributed by atoms with Gasteiger partial charge in [0.05, 0.1) is 5.56 Å². The third-order valence-corrected chi connectivity index (χ3v) is 6.61. The molecule has 0 saturated carbocycles. The zero-order valence-electron chi connectivity index (χ0n) is 14.9. The maximum Gasteiger partial charge on any atom is 0.123 e. The summed E-state index contributed by atoms with van der Waals surface area (Å²) in [6.45, 7) is 1.78. The van der Waals surface area contributed by atoms with Crippen LogP contribution in [0.15, 0.2) is 46.8 Å². The minimum absolute atomic E-state index is 0.238. The van der Waals surface area contributed by atoms with Crippen LogP contribution in [0.5, 0.6) is 0 Å². The highest BCUT2D eigenvalue weighted by Gasteiger charge is 2.25. The highest BCUT2D eigenvalue weighted by molar-refractivity contribution is 7.98. The molecule has 2 aromatic heterocycles. The van der Waals surface area contributed by atoms with Crippen molar-refractivity contribution in [1.82, 2.24) is 9.88 Å². The first-order chi connectivity index (χ1) is 13.2. The molecule has 6 heteroatoms. The Labute approximate surface area is 166 Å². The van der Waals surface area contributed by atoms with Crippen LogP contribution < -0.4 is 0 Å². The van der Waals surface area contributed by atoms with Crippen molar-refractivity contribution in [2.75, 3.05) is 13.6 Å². The van der Waals surface area contributed by atoms with Crippen molar-refractivity contribution >= 4 is 23.1 Å². The zero-order valence-corrected chi connectivity index (χ0v) is 16.5. The summed E-state index contributed by atoms with van der Waals surface area (Å²) in [5.74, 6) is 0.419. The number of aromatic nitrogens is 1. The predicted molar refractivity (Wildman–Crippen MR) is 108 cm³/mol. The zero-order chi connectivity index (χ0) is 18.8. The molecular formula is C21H18FN3S2. The number of thioether (sulfide) groups is 1. The van der Waals surface area contributed by atoms with Gasteiger partial charge in [-0.15, -0.1) is 23.1 Å². The Kier molecular flexibility index (Phi) is 5.26. The second kappa shape index (κ2) is 7.81. The van der Waals surface area contributed by atoms with E-state index in [0.717, 1.165) is 46.2 Å². The van der Waals surface area contributed by atoms with Crippen LogP contribution in [0.4, 0.5) is 4.39 Å². The number of nitriles is 1. The lowest BCUT2D eigenvalue weighted by molar-refractivity contribution is 0.310. The highest BCUT2D eigenvalue weighted by atomic mass is 32.2.